The summed E-state index contributed by atoms with van der Waals surface area (Å²) in [6.07, 6.45) is 5.00. The molecular formula is C19H21N3O4. The number of rotatable bonds is 4. The Balaban J connectivity index is 0.000000260. The highest BCUT2D eigenvalue weighted by Crippen LogP contribution is 2.23. The van der Waals surface area contributed by atoms with Gasteiger partial charge in [-0.3, -0.25) is 4.98 Å². The average molecular weight is 355 g/mol. The molecule has 2 aromatic rings. The van der Waals surface area contributed by atoms with Gasteiger partial charge in [0.25, 0.3) is 0 Å². The van der Waals surface area contributed by atoms with Gasteiger partial charge < -0.3 is 20.4 Å². The van der Waals surface area contributed by atoms with Crippen LogP contribution >= 0.6 is 0 Å². The molecule has 26 heavy (non-hydrogen) atoms. The topological polar surface area (TPSA) is 103 Å². The van der Waals surface area contributed by atoms with Gasteiger partial charge >= 0.3 is 11.9 Å². The zero-order chi connectivity index (χ0) is 18.8. The Kier molecular flexibility index (Phi) is 7.32. The Hall–Kier alpha value is -3.19. The standard InChI is InChI=1S/C15H17N3.C4H4O4/c1-2-4-13(5-3-1)14-10-15(12-17-11-14)18-8-6-16-7-9-18;5-3(6)1-2-4(7)8/h1-5,10-12,16H,6-9H2;1-2H,(H,5,6)(H,7,8)/b;2-1+. The highest BCUT2D eigenvalue weighted by molar-refractivity contribution is 5.89. The van der Waals surface area contributed by atoms with Crippen LogP contribution in [0.1, 0.15) is 0 Å². The van der Waals surface area contributed by atoms with Crippen LogP contribution in [0.3, 0.4) is 0 Å². The number of piperazine rings is 1. The fourth-order valence-electron chi connectivity index (χ4n) is 2.45. The van der Waals surface area contributed by atoms with Gasteiger partial charge in [-0.25, -0.2) is 9.59 Å². The fraction of sp³-hybridized carbons (Fsp3) is 0.211. The van der Waals surface area contributed by atoms with Crippen molar-refractivity contribution in [3.05, 3.63) is 60.9 Å². The van der Waals surface area contributed by atoms with E-state index in [2.05, 4.69) is 45.5 Å². The van der Waals surface area contributed by atoms with Gasteiger partial charge in [-0.2, -0.15) is 0 Å². The Morgan fingerprint density at radius 2 is 1.58 bits per heavy atom. The minimum Gasteiger partial charge on any atom is -0.478 e. The Morgan fingerprint density at radius 3 is 2.15 bits per heavy atom. The first kappa shape index (κ1) is 19.1. The Morgan fingerprint density at radius 1 is 0.962 bits per heavy atom. The first-order valence-electron chi connectivity index (χ1n) is 8.16. The summed E-state index contributed by atoms with van der Waals surface area (Å²) in [5, 5.41) is 19.0. The number of carbonyl (C=O) groups is 2. The van der Waals surface area contributed by atoms with Gasteiger partial charge in [0.2, 0.25) is 0 Å². The summed E-state index contributed by atoms with van der Waals surface area (Å²) in [4.78, 5) is 25.9. The summed E-state index contributed by atoms with van der Waals surface area (Å²) < 4.78 is 0. The number of carboxylic acid groups (broad SMARTS) is 2. The lowest BCUT2D eigenvalue weighted by molar-refractivity contribution is -0.134. The van der Waals surface area contributed by atoms with Crippen molar-refractivity contribution in [1.29, 1.82) is 0 Å². The molecule has 1 aromatic heterocycles. The number of nitrogens with zero attached hydrogens (tertiary/aromatic N) is 2. The molecule has 7 heteroatoms. The molecule has 0 atom stereocenters. The van der Waals surface area contributed by atoms with E-state index in [0.29, 0.717) is 12.2 Å². The summed E-state index contributed by atoms with van der Waals surface area (Å²) in [6, 6.07) is 12.6. The number of benzene rings is 1. The molecule has 0 unspecified atom stereocenters. The molecule has 1 aliphatic heterocycles. The zero-order valence-corrected chi connectivity index (χ0v) is 14.2. The third-order valence-corrected chi connectivity index (χ3v) is 3.68. The summed E-state index contributed by atoms with van der Waals surface area (Å²) in [5.41, 5.74) is 3.63. The molecule has 3 rings (SSSR count). The minimum absolute atomic E-state index is 0.558. The summed E-state index contributed by atoms with van der Waals surface area (Å²) in [6.45, 7) is 4.21. The molecule has 0 bridgehead atoms. The van der Waals surface area contributed by atoms with Crippen molar-refractivity contribution in [1.82, 2.24) is 10.3 Å². The van der Waals surface area contributed by atoms with E-state index >= 15 is 0 Å². The van der Waals surface area contributed by atoms with E-state index in [4.69, 9.17) is 10.2 Å². The number of anilines is 1. The predicted molar refractivity (Wildman–Crippen MR) is 99.2 cm³/mol. The van der Waals surface area contributed by atoms with E-state index in [1.807, 2.05) is 18.5 Å². The highest BCUT2D eigenvalue weighted by atomic mass is 16.4. The second-order valence-electron chi connectivity index (χ2n) is 5.54. The molecule has 7 nitrogen and oxygen atoms in total. The van der Waals surface area contributed by atoms with E-state index in [-0.39, 0.29) is 0 Å². The molecule has 0 spiro atoms. The van der Waals surface area contributed by atoms with Crippen molar-refractivity contribution in [3.63, 3.8) is 0 Å². The molecule has 0 radical (unpaired) electrons. The van der Waals surface area contributed by atoms with E-state index in [1.54, 1.807) is 0 Å². The number of aromatic nitrogens is 1. The lowest BCUT2D eigenvalue weighted by Gasteiger charge is -2.29. The molecule has 3 N–H and O–H groups in total. The van der Waals surface area contributed by atoms with Gasteiger partial charge in [0, 0.05) is 50.1 Å². The van der Waals surface area contributed by atoms with Gasteiger partial charge in [0.1, 0.15) is 0 Å². The number of nitrogens with one attached hydrogen (secondary N) is 1. The Bertz CT molecular complexity index is 740. The largest absolute Gasteiger partial charge is 0.478 e. The quantitative estimate of drug-likeness (QED) is 0.720. The van der Waals surface area contributed by atoms with Crippen LogP contribution in [0.4, 0.5) is 5.69 Å². The first-order valence-corrected chi connectivity index (χ1v) is 8.16. The van der Waals surface area contributed by atoms with Crippen molar-refractivity contribution in [2.24, 2.45) is 0 Å². The molecule has 0 saturated carbocycles. The third-order valence-electron chi connectivity index (χ3n) is 3.68. The molecule has 0 amide bonds. The molecule has 136 valence electrons. The zero-order valence-electron chi connectivity index (χ0n) is 14.2. The number of carboxylic acids is 2. The number of pyridine rings is 1. The van der Waals surface area contributed by atoms with Crippen molar-refractivity contribution in [3.8, 4) is 11.1 Å². The van der Waals surface area contributed by atoms with Crippen molar-refractivity contribution in [2.75, 3.05) is 31.1 Å². The van der Waals surface area contributed by atoms with Crippen LogP contribution in [-0.4, -0.2) is 53.3 Å². The minimum atomic E-state index is -1.26. The average Bonchev–Trinajstić information content (AvgIpc) is 2.68. The molecular weight excluding hydrogens is 334 g/mol. The first-order chi connectivity index (χ1) is 12.6. The summed E-state index contributed by atoms with van der Waals surface area (Å²) in [5.74, 6) is -2.51. The maximum atomic E-state index is 9.55. The van der Waals surface area contributed by atoms with Crippen molar-refractivity contribution in [2.45, 2.75) is 0 Å². The number of aliphatic carboxylic acids is 2. The lowest BCUT2D eigenvalue weighted by atomic mass is 10.1. The van der Waals surface area contributed by atoms with Crippen LogP contribution in [0.2, 0.25) is 0 Å². The number of hydrogen-bond donors (Lipinski definition) is 3. The van der Waals surface area contributed by atoms with Gasteiger partial charge in [0.15, 0.2) is 0 Å². The predicted octanol–water partition coefficient (Wildman–Crippen LogP) is 1.87. The van der Waals surface area contributed by atoms with E-state index in [0.717, 1.165) is 26.2 Å². The fourth-order valence-corrected chi connectivity index (χ4v) is 2.45. The van der Waals surface area contributed by atoms with E-state index in [9.17, 15) is 9.59 Å². The summed E-state index contributed by atoms with van der Waals surface area (Å²) >= 11 is 0. The van der Waals surface area contributed by atoms with Crippen molar-refractivity contribution < 1.29 is 19.8 Å². The van der Waals surface area contributed by atoms with Crippen LogP contribution in [0.25, 0.3) is 11.1 Å². The smallest absolute Gasteiger partial charge is 0.328 e. The van der Waals surface area contributed by atoms with Crippen LogP contribution in [-0.2, 0) is 9.59 Å². The second kappa shape index (κ2) is 9.95. The molecule has 0 aliphatic carbocycles. The van der Waals surface area contributed by atoms with Crippen LogP contribution < -0.4 is 10.2 Å². The maximum Gasteiger partial charge on any atom is 0.328 e. The maximum absolute atomic E-state index is 9.55. The van der Waals surface area contributed by atoms with Crippen LogP contribution in [0.15, 0.2) is 60.9 Å². The molecule has 1 aromatic carbocycles. The lowest BCUT2D eigenvalue weighted by Crippen LogP contribution is -2.43. The van der Waals surface area contributed by atoms with Gasteiger partial charge in [-0.15, -0.1) is 0 Å². The molecule has 1 aliphatic rings. The highest BCUT2D eigenvalue weighted by Gasteiger charge is 2.11. The SMILES string of the molecule is O=C(O)/C=C/C(=O)O.c1ccc(-c2cncc(N3CCNCC3)c2)cc1. The Labute approximate surface area is 151 Å². The molecule has 1 saturated heterocycles. The number of hydrogen-bond acceptors (Lipinski definition) is 5. The monoisotopic (exact) mass is 355 g/mol. The van der Waals surface area contributed by atoms with Crippen LogP contribution in [0.5, 0.6) is 0 Å². The second-order valence-corrected chi connectivity index (χ2v) is 5.54. The van der Waals surface area contributed by atoms with Gasteiger partial charge in [-0.1, -0.05) is 30.3 Å². The van der Waals surface area contributed by atoms with Gasteiger partial charge in [0.05, 0.1) is 11.9 Å². The summed E-state index contributed by atoms with van der Waals surface area (Å²) in [7, 11) is 0. The molecule has 1 fully saturated rings. The third kappa shape index (κ3) is 6.37. The van der Waals surface area contributed by atoms with E-state index in [1.165, 1.54) is 16.8 Å². The van der Waals surface area contributed by atoms with Gasteiger partial charge in [-0.05, 0) is 11.6 Å². The molecule has 2 heterocycles. The van der Waals surface area contributed by atoms with Crippen LogP contribution in [0, 0.1) is 0 Å². The van der Waals surface area contributed by atoms with Crippen molar-refractivity contribution >= 4 is 17.6 Å². The normalized spacial score (nSPS) is 13.8. The van der Waals surface area contributed by atoms with E-state index < -0.39 is 11.9 Å².